The Morgan fingerprint density at radius 2 is 1.50 bits per heavy atom. The molecule has 0 N–H and O–H groups in total. The lowest BCUT2D eigenvalue weighted by atomic mass is 9.77. The summed E-state index contributed by atoms with van der Waals surface area (Å²) < 4.78 is 27.0. The number of halogens is 1. The highest BCUT2D eigenvalue weighted by atomic mass is 19.1. The Hall–Kier alpha value is -1.71. The molecule has 2 aromatic carbocycles. The van der Waals surface area contributed by atoms with Crippen LogP contribution in [0.2, 0.25) is 0 Å². The first-order valence-electron chi connectivity index (χ1n) is 12.8. The Morgan fingerprint density at radius 1 is 0.812 bits per heavy atom. The summed E-state index contributed by atoms with van der Waals surface area (Å²) in [7, 11) is 0. The van der Waals surface area contributed by atoms with Gasteiger partial charge in [0, 0.05) is 17.0 Å². The van der Waals surface area contributed by atoms with Crippen LogP contribution in [0.15, 0.2) is 42.5 Å². The van der Waals surface area contributed by atoms with E-state index in [1.807, 2.05) is 30.3 Å². The number of hydrogen-bond acceptors (Lipinski definition) is 2. The van der Waals surface area contributed by atoms with E-state index >= 15 is 4.39 Å². The molecule has 1 aliphatic carbocycles. The van der Waals surface area contributed by atoms with Crippen LogP contribution >= 0.6 is 0 Å². The van der Waals surface area contributed by atoms with Gasteiger partial charge in [0.2, 0.25) is 0 Å². The second-order valence-electron chi connectivity index (χ2n) is 9.85. The van der Waals surface area contributed by atoms with Crippen LogP contribution in [0.3, 0.4) is 0 Å². The summed E-state index contributed by atoms with van der Waals surface area (Å²) in [5.41, 5.74) is 3.74. The van der Waals surface area contributed by atoms with Gasteiger partial charge in [-0.15, -0.1) is 0 Å². The Morgan fingerprint density at radius 3 is 2.12 bits per heavy atom. The van der Waals surface area contributed by atoms with Gasteiger partial charge in [-0.2, -0.15) is 0 Å². The predicted octanol–water partition coefficient (Wildman–Crippen LogP) is 8.42. The maximum atomic E-state index is 15.0. The molecule has 0 unspecified atom stereocenters. The molecule has 0 amide bonds. The van der Waals surface area contributed by atoms with Crippen molar-refractivity contribution in [1.82, 2.24) is 0 Å². The summed E-state index contributed by atoms with van der Waals surface area (Å²) >= 11 is 0. The van der Waals surface area contributed by atoms with E-state index in [4.69, 9.17) is 9.47 Å². The zero-order valence-corrected chi connectivity index (χ0v) is 19.8. The lowest BCUT2D eigenvalue weighted by Gasteiger charge is -2.29. The maximum Gasteiger partial charge on any atom is 0.183 e. The van der Waals surface area contributed by atoms with Crippen LogP contribution in [-0.2, 0) is 9.47 Å². The molecule has 0 radical (unpaired) electrons. The van der Waals surface area contributed by atoms with Crippen molar-refractivity contribution in [1.29, 1.82) is 0 Å². The Kier molecular flexibility index (Phi) is 8.37. The second kappa shape index (κ2) is 11.4. The van der Waals surface area contributed by atoms with Gasteiger partial charge in [0.05, 0.1) is 13.2 Å². The minimum atomic E-state index is -0.308. The Labute approximate surface area is 193 Å². The van der Waals surface area contributed by atoms with Crippen LogP contribution in [0.5, 0.6) is 0 Å². The summed E-state index contributed by atoms with van der Waals surface area (Å²) in [4.78, 5) is 0. The molecule has 0 atom stereocenters. The van der Waals surface area contributed by atoms with Crippen molar-refractivity contribution in [3.63, 3.8) is 0 Å². The molecule has 1 saturated heterocycles. The topological polar surface area (TPSA) is 18.5 Å². The average molecular weight is 439 g/mol. The summed E-state index contributed by atoms with van der Waals surface area (Å²) in [5.74, 6) is 1.75. The quantitative estimate of drug-likeness (QED) is 0.385. The fraction of sp³-hybridized carbons (Fsp3) is 0.586. The zero-order chi connectivity index (χ0) is 22.3. The van der Waals surface area contributed by atoms with Crippen LogP contribution in [0.1, 0.15) is 95.0 Å². The zero-order valence-electron chi connectivity index (χ0n) is 19.8. The number of unbranched alkanes of at least 4 members (excludes halogenated alkanes) is 2. The van der Waals surface area contributed by atoms with Crippen LogP contribution in [-0.4, -0.2) is 13.2 Å². The molecule has 1 heterocycles. The van der Waals surface area contributed by atoms with Crippen molar-refractivity contribution < 1.29 is 13.9 Å². The number of rotatable bonds is 8. The highest BCUT2D eigenvalue weighted by molar-refractivity contribution is 5.65. The molecule has 0 aromatic heterocycles. The molecule has 174 valence electrons. The summed E-state index contributed by atoms with van der Waals surface area (Å²) in [6.07, 6.45) is 10.8. The molecule has 0 spiro atoms. The van der Waals surface area contributed by atoms with Gasteiger partial charge >= 0.3 is 0 Å². The van der Waals surface area contributed by atoms with E-state index in [-0.39, 0.29) is 12.1 Å². The molecular weight excluding hydrogens is 399 g/mol. The smallest absolute Gasteiger partial charge is 0.183 e. The van der Waals surface area contributed by atoms with E-state index in [0.29, 0.717) is 17.4 Å². The fourth-order valence-electron chi connectivity index (χ4n) is 5.33. The lowest BCUT2D eigenvalue weighted by Crippen LogP contribution is -2.27. The Bertz CT molecular complexity index is 831. The van der Waals surface area contributed by atoms with E-state index in [9.17, 15) is 0 Å². The van der Waals surface area contributed by atoms with Crippen molar-refractivity contribution >= 4 is 0 Å². The molecule has 3 heteroatoms. The molecule has 2 aromatic rings. The van der Waals surface area contributed by atoms with Gasteiger partial charge in [0.1, 0.15) is 5.82 Å². The molecule has 32 heavy (non-hydrogen) atoms. The Balaban J connectivity index is 1.35. The third kappa shape index (κ3) is 5.80. The first-order valence-corrected chi connectivity index (χ1v) is 12.8. The number of benzene rings is 2. The van der Waals surface area contributed by atoms with Gasteiger partial charge in [-0.1, -0.05) is 75.9 Å². The minimum Gasteiger partial charge on any atom is -0.348 e. The van der Waals surface area contributed by atoms with Gasteiger partial charge in [0.25, 0.3) is 0 Å². The predicted molar refractivity (Wildman–Crippen MR) is 129 cm³/mol. The van der Waals surface area contributed by atoms with E-state index in [2.05, 4.69) is 19.9 Å². The molecule has 1 saturated carbocycles. The first-order chi connectivity index (χ1) is 15.7. The molecule has 2 aliphatic rings. The summed E-state index contributed by atoms with van der Waals surface area (Å²) in [6, 6.07) is 13.9. The van der Waals surface area contributed by atoms with Crippen molar-refractivity contribution in [2.24, 2.45) is 11.8 Å². The van der Waals surface area contributed by atoms with Crippen molar-refractivity contribution in [3.05, 3.63) is 59.4 Å². The van der Waals surface area contributed by atoms with E-state index in [1.54, 1.807) is 6.07 Å². The standard InChI is InChI=1S/C29H39FO2/c1-3-5-6-7-22-19-31-29(32-20-22)25-14-12-24(13-15-25)27-17-16-26(18-28(27)30)23-10-8-21(4-2)9-11-23/h12-18,21-23,29H,3-11,19-20H2,1-2H3. The van der Waals surface area contributed by atoms with Crippen molar-refractivity contribution in [3.8, 4) is 11.1 Å². The highest BCUT2D eigenvalue weighted by Gasteiger charge is 2.24. The largest absolute Gasteiger partial charge is 0.348 e. The van der Waals surface area contributed by atoms with Crippen LogP contribution in [0, 0.1) is 17.7 Å². The van der Waals surface area contributed by atoms with Crippen molar-refractivity contribution in [2.45, 2.75) is 83.8 Å². The normalized spacial score (nSPS) is 26.2. The third-order valence-corrected chi connectivity index (χ3v) is 7.57. The third-order valence-electron chi connectivity index (χ3n) is 7.57. The first kappa shape index (κ1) is 23.4. The molecule has 2 nitrogen and oxygen atoms in total. The van der Waals surface area contributed by atoms with Crippen LogP contribution < -0.4 is 0 Å². The van der Waals surface area contributed by atoms with Gasteiger partial charge < -0.3 is 9.47 Å². The van der Waals surface area contributed by atoms with Crippen LogP contribution in [0.4, 0.5) is 4.39 Å². The SMILES string of the molecule is CCCCCC1COC(c2ccc(-c3ccc(C4CCC(CC)CC4)cc3F)cc2)OC1. The second-order valence-corrected chi connectivity index (χ2v) is 9.85. The molecule has 1 aliphatic heterocycles. The molecular formula is C29H39FO2. The number of ether oxygens (including phenoxy) is 2. The molecule has 0 bridgehead atoms. The summed E-state index contributed by atoms with van der Waals surface area (Å²) in [6.45, 7) is 6.02. The maximum absolute atomic E-state index is 15.0. The van der Waals surface area contributed by atoms with Crippen molar-refractivity contribution in [2.75, 3.05) is 13.2 Å². The van der Waals surface area contributed by atoms with Gasteiger partial charge in [-0.3, -0.25) is 0 Å². The monoisotopic (exact) mass is 438 g/mol. The average Bonchev–Trinajstić information content (AvgIpc) is 2.85. The minimum absolute atomic E-state index is 0.118. The van der Waals surface area contributed by atoms with Gasteiger partial charge in [-0.05, 0) is 61.1 Å². The summed E-state index contributed by atoms with van der Waals surface area (Å²) in [5, 5.41) is 0. The molecule has 2 fully saturated rings. The van der Waals surface area contributed by atoms with E-state index < -0.39 is 0 Å². The molecule has 4 rings (SSSR count). The highest BCUT2D eigenvalue weighted by Crippen LogP contribution is 2.38. The van der Waals surface area contributed by atoms with Gasteiger partial charge in [-0.25, -0.2) is 4.39 Å². The van der Waals surface area contributed by atoms with Gasteiger partial charge in [0.15, 0.2) is 6.29 Å². The number of hydrogen-bond donors (Lipinski definition) is 0. The van der Waals surface area contributed by atoms with Crippen LogP contribution in [0.25, 0.3) is 11.1 Å². The van der Waals surface area contributed by atoms with E-state index in [1.165, 1.54) is 57.8 Å². The fourth-order valence-corrected chi connectivity index (χ4v) is 5.33. The van der Waals surface area contributed by atoms with E-state index in [0.717, 1.165) is 35.8 Å². The lowest BCUT2D eigenvalue weighted by molar-refractivity contribution is -0.206.